The van der Waals surface area contributed by atoms with Crippen molar-refractivity contribution < 1.29 is 4.79 Å². The molecule has 4 nitrogen and oxygen atoms in total. The first-order valence-corrected chi connectivity index (χ1v) is 10.2. The van der Waals surface area contributed by atoms with Gasteiger partial charge in [0.15, 0.2) is 0 Å². The first-order chi connectivity index (χ1) is 14.6. The van der Waals surface area contributed by atoms with E-state index in [1.165, 1.54) is 11.6 Å². The monoisotopic (exact) mass is 415 g/mol. The Hall–Kier alpha value is -3.37. The van der Waals surface area contributed by atoms with Crippen LogP contribution in [0.4, 0.5) is 0 Å². The minimum absolute atomic E-state index is 0.130. The van der Waals surface area contributed by atoms with Crippen LogP contribution in [0.3, 0.4) is 0 Å². The summed E-state index contributed by atoms with van der Waals surface area (Å²) in [7, 11) is 1.62. The van der Waals surface area contributed by atoms with E-state index in [4.69, 9.17) is 16.6 Å². The van der Waals surface area contributed by atoms with Gasteiger partial charge in [0.2, 0.25) is 5.91 Å². The van der Waals surface area contributed by atoms with Crippen molar-refractivity contribution in [3.8, 4) is 11.4 Å². The SMILES string of the molecule is CNC(=O)/C=C/c1cccc(-c2nc3ccccc3n2CCc2cccc(Cl)c2)c1. The lowest BCUT2D eigenvalue weighted by Crippen LogP contribution is -2.13. The number of rotatable bonds is 6. The molecule has 0 spiro atoms. The van der Waals surface area contributed by atoms with Crippen molar-refractivity contribution in [3.63, 3.8) is 0 Å². The van der Waals surface area contributed by atoms with Gasteiger partial charge in [0.05, 0.1) is 11.0 Å². The molecule has 0 saturated carbocycles. The van der Waals surface area contributed by atoms with Crippen LogP contribution >= 0.6 is 11.6 Å². The lowest BCUT2D eigenvalue weighted by Gasteiger charge is -2.10. The number of benzene rings is 3. The van der Waals surface area contributed by atoms with E-state index in [1.54, 1.807) is 13.1 Å². The van der Waals surface area contributed by atoms with Crippen LogP contribution in [0.15, 0.2) is 78.9 Å². The van der Waals surface area contributed by atoms with Gasteiger partial charge in [-0.15, -0.1) is 0 Å². The first-order valence-electron chi connectivity index (χ1n) is 9.84. The van der Waals surface area contributed by atoms with Gasteiger partial charge in [-0.25, -0.2) is 4.98 Å². The molecule has 0 bridgehead atoms. The van der Waals surface area contributed by atoms with E-state index in [9.17, 15) is 4.79 Å². The summed E-state index contributed by atoms with van der Waals surface area (Å²) in [6.45, 7) is 0.786. The predicted molar refractivity (Wildman–Crippen MR) is 123 cm³/mol. The van der Waals surface area contributed by atoms with Gasteiger partial charge in [0.1, 0.15) is 5.82 Å². The van der Waals surface area contributed by atoms with Crippen molar-refractivity contribution >= 4 is 34.6 Å². The maximum Gasteiger partial charge on any atom is 0.243 e. The summed E-state index contributed by atoms with van der Waals surface area (Å²) in [6.07, 6.45) is 4.19. The van der Waals surface area contributed by atoms with Gasteiger partial charge in [-0.3, -0.25) is 4.79 Å². The van der Waals surface area contributed by atoms with Crippen LogP contribution in [0.25, 0.3) is 28.5 Å². The van der Waals surface area contributed by atoms with E-state index in [1.807, 2.05) is 54.6 Å². The fourth-order valence-corrected chi connectivity index (χ4v) is 3.71. The van der Waals surface area contributed by atoms with Crippen molar-refractivity contribution in [1.29, 1.82) is 0 Å². The molecular formula is C25H22ClN3O. The number of likely N-dealkylation sites (N-methyl/N-ethyl adjacent to an activating group) is 1. The number of aryl methyl sites for hydroxylation is 2. The summed E-state index contributed by atoms with van der Waals surface area (Å²) in [5.74, 6) is 0.780. The van der Waals surface area contributed by atoms with Gasteiger partial charge in [-0.2, -0.15) is 0 Å². The van der Waals surface area contributed by atoms with Crippen LogP contribution < -0.4 is 5.32 Å². The number of halogens is 1. The average Bonchev–Trinajstić information content (AvgIpc) is 3.15. The molecule has 0 aliphatic rings. The average molecular weight is 416 g/mol. The lowest BCUT2D eigenvalue weighted by atomic mass is 10.1. The van der Waals surface area contributed by atoms with Gasteiger partial charge < -0.3 is 9.88 Å². The number of fused-ring (bicyclic) bond motifs is 1. The molecule has 0 atom stereocenters. The number of nitrogens with zero attached hydrogens (tertiary/aromatic N) is 2. The molecule has 0 radical (unpaired) electrons. The molecule has 0 saturated heterocycles. The minimum Gasteiger partial charge on any atom is -0.356 e. The second kappa shape index (κ2) is 8.97. The van der Waals surface area contributed by atoms with Crippen LogP contribution in [0.2, 0.25) is 5.02 Å². The Labute approximate surface area is 180 Å². The van der Waals surface area contributed by atoms with Crippen LogP contribution in [0.1, 0.15) is 11.1 Å². The third-order valence-electron chi connectivity index (χ3n) is 4.99. The molecule has 0 aliphatic carbocycles. The molecule has 0 unspecified atom stereocenters. The third-order valence-corrected chi connectivity index (χ3v) is 5.22. The number of carbonyl (C=O) groups is 1. The molecule has 1 N–H and O–H groups in total. The molecule has 1 aromatic heterocycles. The van der Waals surface area contributed by atoms with Gasteiger partial charge in [0.25, 0.3) is 0 Å². The molecular weight excluding hydrogens is 394 g/mol. The summed E-state index contributed by atoms with van der Waals surface area (Å²) < 4.78 is 2.25. The molecule has 4 aromatic rings. The molecule has 150 valence electrons. The second-order valence-electron chi connectivity index (χ2n) is 7.03. The third kappa shape index (κ3) is 4.44. The van der Waals surface area contributed by atoms with Crippen LogP contribution in [0, 0.1) is 0 Å². The largest absolute Gasteiger partial charge is 0.356 e. The van der Waals surface area contributed by atoms with E-state index >= 15 is 0 Å². The second-order valence-corrected chi connectivity index (χ2v) is 7.47. The van der Waals surface area contributed by atoms with Crippen molar-refractivity contribution in [1.82, 2.24) is 14.9 Å². The Morgan fingerprint density at radius 3 is 2.73 bits per heavy atom. The highest BCUT2D eigenvalue weighted by atomic mass is 35.5. The highest BCUT2D eigenvalue weighted by Gasteiger charge is 2.13. The van der Waals surface area contributed by atoms with E-state index in [-0.39, 0.29) is 5.91 Å². The summed E-state index contributed by atoms with van der Waals surface area (Å²) in [6, 6.07) is 24.2. The Balaban J connectivity index is 1.71. The molecule has 0 fully saturated rings. The number of hydrogen-bond donors (Lipinski definition) is 1. The molecule has 1 heterocycles. The van der Waals surface area contributed by atoms with Crippen molar-refractivity contribution in [2.45, 2.75) is 13.0 Å². The van der Waals surface area contributed by atoms with E-state index < -0.39 is 0 Å². The van der Waals surface area contributed by atoms with Gasteiger partial charge in [-0.05, 0) is 54.0 Å². The summed E-state index contributed by atoms with van der Waals surface area (Å²) in [5, 5.41) is 3.34. The van der Waals surface area contributed by atoms with Gasteiger partial charge >= 0.3 is 0 Å². The Bertz CT molecular complexity index is 1230. The zero-order valence-corrected chi connectivity index (χ0v) is 17.4. The van der Waals surface area contributed by atoms with Crippen molar-refractivity contribution in [2.24, 2.45) is 0 Å². The molecule has 1 amide bonds. The van der Waals surface area contributed by atoms with E-state index in [0.717, 1.165) is 46.0 Å². The molecule has 5 heteroatoms. The summed E-state index contributed by atoms with van der Waals surface area (Å²) in [5.41, 5.74) is 5.21. The smallest absolute Gasteiger partial charge is 0.243 e. The maximum absolute atomic E-state index is 11.5. The van der Waals surface area contributed by atoms with Gasteiger partial charge in [-0.1, -0.05) is 54.1 Å². The van der Waals surface area contributed by atoms with Crippen molar-refractivity contribution in [3.05, 3.63) is 95.0 Å². The molecule has 3 aromatic carbocycles. The van der Waals surface area contributed by atoms with Crippen LogP contribution in [0.5, 0.6) is 0 Å². The quantitative estimate of drug-likeness (QED) is 0.431. The van der Waals surface area contributed by atoms with Crippen molar-refractivity contribution in [2.75, 3.05) is 7.05 Å². The first kappa shape index (κ1) is 19.9. The predicted octanol–water partition coefficient (Wildman–Crippen LogP) is 5.36. The highest BCUT2D eigenvalue weighted by Crippen LogP contribution is 2.26. The molecule has 4 rings (SSSR count). The number of nitrogens with one attached hydrogen (secondary N) is 1. The number of aromatic nitrogens is 2. The van der Waals surface area contributed by atoms with Gasteiger partial charge in [0, 0.05) is 30.3 Å². The number of hydrogen-bond acceptors (Lipinski definition) is 2. The highest BCUT2D eigenvalue weighted by molar-refractivity contribution is 6.30. The normalized spacial score (nSPS) is 11.3. The minimum atomic E-state index is -0.130. The zero-order valence-electron chi connectivity index (χ0n) is 16.7. The Morgan fingerprint density at radius 1 is 1.07 bits per heavy atom. The van der Waals surface area contributed by atoms with Crippen LogP contribution in [-0.2, 0) is 17.8 Å². The molecule has 0 aliphatic heterocycles. The zero-order chi connectivity index (χ0) is 20.9. The molecule has 30 heavy (non-hydrogen) atoms. The number of amides is 1. The number of imidazole rings is 1. The maximum atomic E-state index is 11.5. The topological polar surface area (TPSA) is 46.9 Å². The van der Waals surface area contributed by atoms with E-state index in [2.05, 4.69) is 28.1 Å². The number of para-hydroxylation sites is 2. The fourth-order valence-electron chi connectivity index (χ4n) is 3.49. The summed E-state index contributed by atoms with van der Waals surface area (Å²) >= 11 is 6.15. The summed E-state index contributed by atoms with van der Waals surface area (Å²) in [4.78, 5) is 16.4. The fraction of sp³-hybridized carbons (Fsp3) is 0.120. The Kier molecular flexibility index (Phi) is 5.96. The Morgan fingerprint density at radius 2 is 1.90 bits per heavy atom. The lowest BCUT2D eigenvalue weighted by molar-refractivity contribution is -0.115. The van der Waals surface area contributed by atoms with Crippen LogP contribution in [-0.4, -0.2) is 22.5 Å². The standard InChI is InChI=1S/C25H22ClN3O/c1-27-24(30)13-12-18-6-4-8-20(16-18)25-28-22-10-2-3-11-23(22)29(25)15-14-19-7-5-9-21(26)17-19/h2-13,16-17H,14-15H2,1H3,(H,27,30)/b13-12+. The number of carbonyl (C=O) groups excluding carboxylic acids is 1. The van der Waals surface area contributed by atoms with E-state index in [0.29, 0.717) is 0 Å².